The molecule has 1 N–H and O–H groups in total. The van der Waals surface area contributed by atoms with Crippen LogP contribution in [0.1, 0.15) is 5.56 Å². The summed E-state index contributed by atoms with van der Waals surface area (Å²) in [4.78, 5) is 0. The van der Waals surface area contributed by atoms with Crippen molar-refractivity contribution < 1.29 is 0 Å². The molecule has 0 saturated heterocycles. The van der Waals surface area contributed by atoms with E-state index in [1.807, 2.05) is 0 Å². The average molecular weight is 257 g/mol. The summed E-state index contributed by atoms with van der Waals surface area (Å²) in [5.74, 6) is 0. The molecule has 11 heavy (non-hydrogen) atoms. The van der Waals surface area contributed by atoms with E-state index in [2.05, 4.69) is 58.3 Å². The summed E-state index contributed by atoms with van der Waals surface area (Å²) in [6.45, 7) is 0.952. The van der Waals surface area contributed by atoms with Gasteiger partial charge in [0, 0.05) is 15.8 Å². The molecule has 0 bridgehead atoms. The molecule has 1 aliphatic rings. The third-order valence-corrected chi connectivity index (χ3v) is 2.39. The molecule has 1 aromatic rings. The Morgan fingerprint density at radius 1 is 1.36 bits per heavy atom. The van der Waals surface area contributed by atoms with Gasteiger partial charge in [-0.1, -0.05) is 12.2 Å². The first kappa shape index (κ1) is 7.16. The van der Waals surface area contributed by atoms with Gasteiger partial charge in [0.15, 0.2) is 0 Å². The second-order valence-electron chi connectivity index (χ2n) is 2.51. The van der Waals surface area contributed by atoms with Gasteiger partial charge >= 0.3 is 0 Å². The Labute approximate surface area is 79.6 Å². The zero-order valence-corrected chi connectivity index (χ0v) is 8.13. The monoisotopic (exact) mass is 257 g/mol. The fourth-order valence-corrected chi connectivity index (χ4v) is 1.70. The lowest BCUT2D eigenvalue weighted by Crippen LogP contribution is -2.03. The molecule has 2 heteroatoms. The molecule has 1 heterocycles. The highest BCUT2D eigenvalue weighted by Crippen LogP contribution is 2.22. The Balaban J connectivity index is 2.54. The van der Waals surface area contributed by atoms with Gasteiger partial charge in [0.2, 0.25) is 0 Å². The number of anilines is 1. The van der Waals surface area contributed by atoms with Crippen LogP contribution in [0.4, 0.5) is 5.69 Å². The lowest BCUT2D eigenvalue weighted by molar-refractivity contribution is 1.31. The Morgan fingerprint density at radius 2 is 2.27 bits per heavy atom. The van der Waals surface area contributed by atoms with E-state index in [0.717, 1.165) is 6.54 Å². The number of hydrogen-bond donors (Lipinski definition) is 1. The molecule has 0 unspecified atom stereocenters. The number of fused-ring (bicyclic) bond motifs is 1. The normalized spacial score (nSPS) is 13.9. The fraction of sp³-hybridized carbons (Fsp3) is 0.111. The van der Waals surface area contributed by atoms with Crippen LogP contribution >= 0.6 is 22.6 Å². The molecule has 0 saturated carbocycles. The van der Waals surface area contributed by atoms with Crippen molar-refractivity contribution in [2.24, 2.45) is 0 Å². The number of benzene rings is 1. The molecule has 56 valence electrons. The van der Waals surface area contributed by atoms with Crippen molar-refractivity contribution in [2.45, 2.75) is 0 Å². The zero-order chi connectivity index (χ0) is 7.68. The quantitative estimate of drug-likeness (QED) is 0.704. The third-order valence-electron chi connectivity index (χ3n) is 1.72. The lowest BCUT2D eigenvalue weighted by atomic mass is 10.1. The van der Waals surface area contributed by atoms with Crippen LogP contribution < -0.4 is 5.32 Å². The van der Waals surface area contributed by atoms with Crippen LogP contribution in [-0.4, -0.2) is 6.54 Å². The van der Waals surface area contributed by atoms with E-state index in [-0.39, 0.29) is 0 Å². The summed E-state index contributed by atoms with van der Waals surface area (Å²) in [6, 6.07) is 6.42. The van der Waals surface area contributed by atoms with Crippen molar-refractivity contribution in [3.8, 4) is 0 Å². The van der Waals surface area contributed by atoms with E-state index >= 15 is 0 Å². The predicted molar refractivity (Wildman–Crippen MR) is 56.7 cm³/mol. The molecule has 0 fully saturated rings. The minimum atomic E-state index is 0.952. The first-order valence-corrected chi connectivity index (χ1v) is 4.64. The van der Waals surface area contributed by atoms with Gasteiger partial charge in [-0.15, -0.1) is 0 Å². The van der Waals surface area contributed by atoms with Gasteiger partial charge in [0.05, 0.1) is 0 Å². The topological polar surface area (TPSA) is 12.0 Å². The minimum Gasteiger partial charge on any atom is -0.381 e. The molecule has 2 rings (SSSR count). The van der Waals surface area contributed by atoms with Gasteiger partial charge in [-0.05, 0) is 46.4 Å². The standard InChI is InChI=1S/C9H8IN/c10-8-3-4-9-7(6-8)2-1-5-11-9/h1-4,6,11H,5H2. The Hall–Kier alpha value is -0.510. The van der Waals surface area contributed by atoms with E-state index in [4.69, 9.17) is 0 Å². The summed E-state index contributed by atoms with van der Waals surface area (Å²) in [6.07, 6.45) is 4.30. The first-order valence-electron chi connectivity index (χ1n) is 3.56. The van der Waals surface area contributed by atoms with Gasteiger partial charge in [-0.25, -0.2) is 0 Å². The molecular weight excluding hydrogens is 249 g/mol. The molecule has 0 aromatic heterocycles. The van der Waals surface area contributed by atoms with Crippen LogP contribution in [0, 0.1) is 3.57 Å². The number of halogens is 1. The van der Waals surface area contributed by atoms with E-state index in [9.17, 15) is 0 Å². The Morgan fingerprint density at radius 3 is 3.18 bits per heavy atom. The van der Waals surface area contributed by atoms with Crippen LogP contribution in [0.25, 0.3) is 6.08 Å². The van der Waals surface area contributed by atoms with E-state index < -0.39 is 0 Å². The van der Waals surface area contributed by atoms with E-state index in [1.54, 1.807) is 0 Å². The number of hydrogen-bond acceptors (Lipinski definition) is 1. The molecule has 0 spiro atoms. The van der Waals surface area contributed by atoms with Gasteiger partial charge in [0.25, 0.3) is 0 Å². The third kappa shape index (κ3) is 1.40. The largest absolute Gasteiger partial charge is 0.381 e. The maximum absolute atomic E-state index is 3.30. The van der Waals surface area contributed by atoms with Gasteiger partial charge in [0.1, 0.15) is 0 Å². The fourth-order valence-electron chi connectivity index (χ4n) is 1.19. The summed E-state index contributed by atoms with van der Waals surface area (Å²) in [5, 5.41) is 3.30. The highest BCUT2D eigenvalue weighted by Gasteiger charge is 2.01. The average Bonchev–Trinajstić information content (AvgIpc) is 2.04. The van der Waals surface area contributed by atoms with Crippen LogP contribution in [0.5, 0.6) is 0 Å². The van der Waals surface area contributed by atoms with Gasteiger partial charge < -0.3 is 5.32 Å². The van der Waals surface area contributed by atoms with Crippen LogP contribution in [0.15, 0.2) is 24.3 Å². The predicted octanol–water partition coefficient (Wildman–Crippen LogP) is 2.73. The van der Waals surface area contributed by atoms with E-state index in [1.165, 1.54) is 14.8 Å². The van der Waals surface area contributed by atoms with Crippen molar-refractivity contribution in [1.82, 2.24) is 0 Å². The molecule has 1 nitrogen and oxygen atoms in total. The second-order valence-corrected chi connectivity index (χ2v) is 3.76. The van der Waals surface area contributed by atoms with Crippen molar-refractivity contribution in [3.05, 3.63) is 33.4 Å². The maximum Gasteiger partial charge on any atom is 0.0416 e. The van der Waals surface area contributed by atoms with Crippen molar-refractivity contribution >= 4 is 34.4 Å². The lowest BCUT2D eigenvalue weighted by Gasteiger charge is -2.12. The van der Waals surface area contributed by atoms with Crippen molar-refractivity contribution in [1.29, 1.82) is 0 Å². The number of rotatable bonds is 0. The van der Waals surface area contributed by atoms with Gasteiger partial charge in [-0.2, -0.15) is 0 Å². The number of nitrogens with one attached hydrogen (secondary N) is 1. The molecule has 0 radical (unpaired) electrons. The van der Waals surface area contributed by atoms with E-state index in [0.29, 0.717) is 0 Å². The van der Waals surface area contributed by atoms with Crippen molar-refractivity contribution in [2.75, 3.05) is 11.9 Å². The molecule has 1 aromatic carbocycles. The Bertz CT molecular complexity index is 304. The Kier molecular flexibility index (Phi) is 1.85. The first-order chi connectivity index (χ1) is 5.36. The summed E-state index contributed by atoms with van der Waals surface area (Å²) in [5.41, 5.74) is 2.54. The summed E-state index contributed by atoms with van der Waals surface area (Å²) in [7, 11) is 0. The van der Waals surface area contributed by atoms with Crippen molar-refractivity contribution in [3.63, 3.8) is 0 Å². The van der Waals surface area contributed by atoms with Gasteiger partial charge in [-0.3, -0.25) is 0 Å². The van der Waals surface area contributed by atoms with Crippen LogP contribution in [-0.2, 0) is 0 Å². The maximum atomic E-state index is 3.30. The second kappa shape index (κ2) is 2.85. The molecule has 0 atom stereocenters. The highest BCUT2D eigenvalue weighted by molar-refractivity contribution is 14.1. The molecule has 1 aliphatic heterocycles. The molecular formula is C9H8IN. The molecule has 0 amide bonds. The summed E-state index contributed by atoms with van der Waals surface area (Å²) >= 11 is 2.32. The highest BCUT2D eigenvalue weighted by atomic mass is 127. The smallest absolute Gasteiger partial charge is 0.0416 e. The van der Waals surface area contributed by atoms with Crippen LogP contribution in [0.3, 0.4) is 0 Å². The summed E-state index contributed by atoms with van der Waals surface area (Å²) < 4.78 is 1.29. The SMILES string of the molecule is Ic1ccc2c(c1)C=CCN2. The zero-order valence-electron chi connectivity index (χ0n) is 5.97. The minimum absolute atomic E-state index is 0.952. The van der Waals surface area contributed by atoms with Crippen LogP contribution in [0.2, 0.25) is 0 Å². The molecule has 0 aliphatic carbocycles.